The molecule has 1 aromatic carbocycles. The van der Waals surface area contributed by atoms with Crippen molar-refractivity contribution in [3.05, 3.63) is 54.4 Å². The van der Waals surface area contributed by atoms with Gasteiger partial charge in [-0.15, -0.1) is 0 Å². The average Bonchev–Trinajstić information content (AvgIpc) is 2.75. The number of rotatable bonds is 4. The van der Waals surface area contributed by atoms with Crippen LogP contribution in [0, 0.1) is 0 Å². The first-order chi connectivity index (χ1) is 13.3. The molecular formula is C22H28N4O. The molecule has 1 aliphatic carbocycles. The van der Waals surface area contributed by atoms with Gasteiger partial charge < -0.3 is 15.1 Å². The number of pyridine rings is 1. The minimum atomic E-state index is -0.0395. The topological polar surface area (TPSA) is 48.5 Å². The Balaban J connectivity index is 1.32. The summed E-state index contributed by atoms with van der Waals surface area (Å²) in [6.07, 6.45) is 7.74. The first kappa shape index (κ1) is 17.8. The van der Waals surface area contributed by atoms with Crippen LogP contribution in [0.25, 0.3) is 0 Å². The third-order valence-corrected chi connectivity index (χ3v) is 5.69. The second-order valence-corrected chi connectivity index (χ2v) is 7.52. The summed E-state index contributed by atoms with van der Waals surface area (Å²) in [6.45, 7) is 3.91. The van der Waals surface area contributed by atoms with E-state index in [1.165, 1.54) is 24.9 Å². The summed E-state index contributed by atoms with van der Waals surface area (Å²) in [7, 11) is 0. The van der Waals surface area contributed by atoms with Crippen molar-refractivity contribution in [1.82, 2.24) is 10.3 Å². The van der Waals surface area contributed by atoms with E-state index >= 15 is 0 Å². The van der Waals surface area contributed by atoms with E-state index in [2.05, 4.69) is 50.4 Å². The second-order valence-electron chi connectivity index (χ2n) is 7.52. The number of benzene rings is 1. The smallest absolute Gasteiger partial charge is 0.270 e. The van der Waals surface area contributed by atoms with Gasteiger partial charge in [-0.1, -0.05) is 37.5 Å². The zero-order valence-corrected chi connectivity index (χ0v) is 15.8. The number of carbonyl (C=O) groups excluding carboxylic acids is 1. The van der Waals surface area contributed by atoms with Gasteiger partial charge in [-0.25, -0.2) is 4.98 Å². The molecule has 0 unspecified atom stereocenters. The summed E-state index contributed by atoms with van der Waals surface area (Å²) in [6, 6.07) is 14.8. The lowest BCUT2D eigenvalue weighted by molar-refractivity contribution is 0.0922. The maximum Gasteiger partial charge on any atom is 0.270 e. The van der Waals surface area contributed by atoms with Gasteiger partial charge in [0.05, 0.1) is 11.9 Å². The van der Waals surface area contributed by atoms with Crippen LogP contribution in [0.4, 0.5) is 11.4 Å². The SMILES string of the molecule is O=C(NC1CCCCC1)c1ccc(N2CCN(c3ccccc3)CC2)cn1. The lowest BCUT2D eigenvalue weighted by atomic mass is 9.95. The molecule has 4 rings (SSSR count). The molecule has 5 nitrogen and oxygen atoms in total. The van der Waals surface area contributed by atoms with Gasteiger partial charge in [-0.2, -0.15) is 0 Å². The van der Waals surface area contributed by atoms with E-state index in [0.29, 0.717) is 11.7 Å². The number of piperazine rings is 1. The van der Waals surface area contributed by atoms with Crippen molar-refractivity contribution < 1.29 is 4.79 Å². The number of hydrogen-bond acceptors (Lipinski definition) is 4. The van der Waals surface area contributed by atoms with Crippen LogP contribution in [-0.4, -0.2) is 43.1 Å². The van der Waals surface area contributed by atoms with E-state index in [1.807, 2.05) is 18.3 Å². The van der Waals surface area contributed by atoms with Gasteiger partial charge in [0, 0.05) is 37.9 Å². The molecule has 0 atom stereocenters. The number of nitrogens with zero attached hydrogens (tertiary/aromatic N) is 3. The first-order valence-corrected chi connectivity index (χ1v) is 10.1. The standard InChI is InChI=1S/C22H28N4O/c27-22(24-18-7-3-1-4-8-18)21-12-11-20(17-23-21)26-15-13-25(14-16-26)19-9-5-2-6-10-19/h2,5-6,9-12,17-18H,1,3-4,7-8,13-16H2,(H,24,27). The first-order valence-electron chi connectivity index (χ1n) is 10.1. The van der Waals surface area contributed by atoms with Crippen LogP contribution in [-0.2, 0) is 0 Å². The molecule has 0 radical (unpaired) electrons. The fraction of sp³-hybridized carbons (Fsp3) is 0.455. The second kappa shape index (κ2) is 8.42. The Hall–Kier alpha value is -2.56. The molecule has 1 aromatic heterocycles. The summed E-state index contributed by atoms with van der Waals surface area (Å²) >= 11 is 0. The van der Waals surface area contributed by atoms with Crippen LogP contribution in [0.1, 0.15) is 42.6 Å². The zero-order valence-electron chi connectivity index (χ0n) is 15.8. The molecule has 0 spiro atoms. The molecule has 1 saturated carbocycles. The number of aromatic nitrogens is 1. The maximum atomic E-state index is 12.4. The normalized spacial score (nSPS) is 18.4. The number of anilines is 2. The lowest BCUT2D eigenvalue weighted by Gasteiger charge is -2.37. The Bertz CT molecular complexity index is 733. The van der Waals surface area contributed by atoms with E-state index in [4.69, 9.17) is 0 Å². The van der Waals surface area contributed by atoms with Crippen molar-refractivity contribution in [3.63, 3.8) is 0 Å². The van der Waals surface area contributed by atoms with Gasteiger partial charge in [0.1, 0.15) is 5.69 Å². The van der Waals surface area contributed by atoms with Crippen LogP contribution in [0.5, 0.6) is 0 Å². The summed E-state index contributed by atoms with van der Waals surface area (Å²) in [4.78, 5) is 21.6. The van der Waals surface area contributed by atoms with Gasteiger partial charge in [-0.05, 0) is 37.1 Å². The fourth-order valence-electron chi connectivity index (χ4n) is 4.08. The predicted octanol–water partition coefficient (Wildman–Crippen LogP) is 3.47. The van der Waals surface area contributed by atoms with Crippen molar-refractivity contribution in [2.75, 3.05) is 36.0 Å². The van der Waals surface area contributed by atoms with Crippen molar-refractivity contribution >= 4 is 17.3 Å². The maximum absolute atomic E-state index is 12.4. The molecule has 1 N–H and O–H groups in total. The summed E-state index contributed by atoms with van der Waals surface area (Å²) in [5, 5.41) is 3.14. The Morgan fingerprint density at radius 3 is 2.15 bits per heavy atom. The predicted molar refractivity (Wildman–Crippen MR) is 109 cm³/mol. The molecule has 0 bridgehead atoms. The molecular weight excluding hydrogens is 336 g/mol. The van der Waals surface area contributed by atoms with E-state index in [0.717, 1.165) is 44.7 Å². The quantitative estimate of drug-likeness (QED) is 0.902. The summed E-state index contributed by atoms with van der Waals surface area (Å²) < 4.78 is 0. The Morgan fingerprint density at radius 2 is 1.52 bits per heavy atom. The van der Waals surface area contributed by atoms with Gasteiger partial charge in [0.2, 0.25) is 0 Å². The highest BCUT2D eigenvalue weighted by Crippen LogP contribution is 2.21. The van der Waals surface area contributed by atoms with Gasteiger partial charge >= 0.3 is 0 Å². The van der Waals surface area contributed by atoms with Crippen molar-refractivity contribution in [2.24, 2.45) is 0 Å². The van der Waals surface area contributed by atoms with Crippen LogP contribution < -0.4 is 15.1 Å². The lowest BCUT2D eigenvalue weighted by Crippen LogP contribution is -2.46. The Morgan fingerprint density at radius 1 is 0.852 bits per heavy atom. The fourth-order valence-corrected chi connectivity index (χ4v) is 4.08. The van der Waals surface area contributed by atoms with E-state index in [1.54, 1.807) is 0 Å². The molecule has 2 fully saturated rings. The molecule has 1 amide bonds. The number of para-hydroxylation sites is 1. The minimum absolute atomic E-state index is 0.0395. The molecule has 142 valence electrons. The van der Waals surface area contributed by atoms with Crippen LogP contribution in [0.3, 0.4) is 0 Å². The summed E-state index contributed by atoms with van der Waals surface area (Å²) in [5.41, 5.74) is 2.90. The highest BCUT2D eigenvalue weighted by Gasteiger charge is 2.20. The van der Waals surface area contributed by atoms with Crippen LogP contribution >= 0.6 is 0 Å². The number of nitrogens with one attached hydrogen (secondary N) is 1. The van der Waals surface area contributed by atoms with Crippen LogP contribution in [0.15, 0.2) is 48.7 Å². The van der Waals surface area contributed by atoms with E-state index in [-0.39, 0.29) is 5.91 Å². The molecule has 1 aliphatic heterocycles. The van der Waals surface area contributed by atoms with E-state index in [9.17, 15) is 4.79 Å². The van der Waals surface area contributed by atoms with Crippen molar-refractivity contribution in [1.29, 1.82) is 0 Å². The molecule has 27 heavy (non-hydrogen) atoms. The number of carbonyl (C=O) groups is 1. The molecule has 2 heterocycles. The van der Waals surface area contributed by atoms with Crippen LogP contribution in [0.2, 0.25) is 0 Å². The third-order valence-electron chi connectivity index (χ3n) is 5.69. The minimum Gasteiger partial charge on any atom is -0.368 e. The number of amides is 1. The monoisotopic (exact) mass is 364 g/mol. The van der Waals surface area contributed by atoms with Gasteiger partial charge in [-0.3, -0.25) is 4.79 Å². The molecule has 1 saturated heterocycles. The van der Waals surface area contributed by atoms with Crippen molar-refractivity contribution in [3.8, 4) is 0 Å². The number of hydrogen-bond donors (Lipinski definition) is 1. The Labute approximate surface area is 161 Å². The van der Waals surface area contributed by atoms with Gasteiger partial charge in [0.25, 0.3) is 5.91 Å². The highest BCUT2D eigenvalue weighted by atomic mass is 16.1. The molecule has 5 heteroatoms. The van der Waals surface area contributed by atoms with Gasteiger partial charge in [0.15, 0.2) is 0 Å². The Kier molecular flexibility index (Phi) is 5.56. The highest BCUT2D eigenvalue weighted by molar-refractivity contribution is 5.92. The molecule has 2 aliphatic rings. The van der Waals surface area contributed by atoms with Crippen molar-refractivity contribution in [2.45, 2.75) is 38.1 Å². The largest absolute Gasteiger partial charge is 0.368 e. The summed E-state index contributed by atoms with van der Waals surface area (Å²) in [5.74, 6) is -0.0395. The average molecular weight is 364 g/mol. The van der Waals surface area contributed by atoms with E-state index < -0.39 is 0 Å². The zero-order chi connectivity index (χ0) is 18.5. The third kappa shape index (κ3) is 4.41. The molecule has 2 aromatic rings.